The van der Waals surface area contributed by atoms with Gasteiger partial charge >= 0.3 is 4.87 Å². The summed E-state index contributed by atoms with van der Waals surface area (Å²) in [7, 11) is -3.60. The van der Waals surface area contributed by atoms with E-state index >= 15 is 0 Å². The molecule has 1 aromatic heterocycles. The molecular formula is C18H20N2O3S2. The summed E-state index contributed by atoms with van der Waals surface area (Å²) in [5.74, 6) is 0. The van der Waals surface area contributed by atoms with Crippen LogP contribution in [0.5, 0.6) is 0 Å². The third-order valence-electron chi connectivity index (χ3n) is 3.96. The molecule has 0 bridgehead atoms. The van der Waals surface area contributed by atoms with E-state index in [9.17, 15) is 13.2 Å². The molecule has 7 heteroatoms. The maximum Gasteiger partial charge on any atom is 0.308 e. The number of thiazole rings is 1. The van der Waals surface area contributed by atoms with E-state index in [2.05, 4.69) is 4.72 Å². The number of hydrogen-bond acceptors (Lipinski definition) is 4. The molecular weight excluding hydrogens is 356 g/mol. The Balaban J connectivity index is 1.81. The number of benzene rings is 2. The fourth-order valence-electron chi connectivity index (χ4n) is 2.73. The van der Waals surface area contributed by atoms with Crippen molar-refractivity contribution in [1.82, 2.24) is 9.29 Å². The highest BCUT2D eigenvalue weighted by Gasteiger charge is 2.17. The van der Waals surface area contributed by atoms with Crippen LogP contribution in [0.4, 0.5) is 0 Å². The van der Waals surface area contributed by atoms with Crippen LogP contribution in [0.1, 0.15) is 25.5 Å². The van der Waals surface area contributed by atoms with E-state index in [1.807, 2.05) is 44.2 Å². The van der Waals surface area contributed by atoms with Gasteiger partial charge in [0.25, 0.3) is 0 Å². The molecule has 0 unspecified atom stereocenters. The van der Waals surface area contributed by atoms with Gasteiger partial charge in [0, 0.05) is 12.6 Å². The maximum absolute atomic E-state index is 12.5. The fourth-order valence-corrected chi connectivity index (χ4v) is 4.92. The highest BCUT2D eigenvalue weighted by atomic mass is 32.2. The van der Waals surface area contributed by atoms with Crippen molar-refractivity contribution < 1.29 is 8.42 Å². The fraction of sp³-hybridized carbons (Fsp3) is 0.278. The van der Waals surface area contributed by atoms with Crippen LogP contribution in [-0.2, 0) is 16.4 Å². The first-order valence-corrected chi connectivity index (χ1v) is 10.4. The SMILES string of the molecule is CC(C)n1c(=O)sc2cc(S(=O)(=O)NCCc3ccccc3)ccc21. The van der Waals surface area contributed by atoms with Gasteiger partial charge in [0.2, 0.25) is 10.0 Å². The first kappa shape index (κ1) is 17.8. The third-order valence-corrected chi connectivity index (χ3v) is 6.34. The number of fused-ring (bicyclic) bond motifs is 1. The van der Waals surface area contributed by atoms with Crippen molar-refractivity contribution >= 4 is 31.6 Å². The van der Waals surface area contributed by atoms with Crippen molar-refractivity contribution in [2.75, 3.05) is 6.54 Å². The lowest BCUT2D eigenvalue weighted by atomic mass is 10.2. The Bertz CT molecular complexity index is 1040. The van der Waals surface area contributed by atoms with E-state index in [-0.39, 0.29) is 15.8 Å². The van der Waals surface area contributed by atoms with Gasteiger partial charge in [0.15, 0.2) is 0 Å². The molecule has 3 rings (SSSR count). The molecule has 2 aromatic carbocycles. The third kappa shape index (κ3) is 3.84. The van der Waals surface area contributed by atoms with Crippen molar-refractivity contribution in [2.24, 2.45) is 0 Å². The first-order chi connectivity index (χ1) is 11.9. The summed E-state index contributed by atoms with van der Waals surface area (Å²) in [4.78, 5) is 12.2. The molecule has 0 amide bonds. The molecule has 3 aromatic rings. The van der Waals surface area contributed by atoms with Gasteiger partial charge in [-0.2, -0.15) is 0 Å². The molecule has 132 valence electrons. The molecule has 0 atom stereocenters. The molecule has 0 aliphatic heterocycles. The molecule has 0 saturated carbocycles. The summed E-state index contributed by atoms with van der Waals surface area (Å²) < 4.78 is 30.0. The van der Waals surface area contributed by atoms with Crippen LogP contribution in [-0.4, -0.2) is 19.5 Å². The van der Waals surface area contributed by atoms with Crippen LogP contribution < -0.4 is 9.60 Å². The van der Waals surface area contributed by atoms with Crippen molar-refractivity contribution in [3.8, 4) is 0 Å². The van der Waals surface area contributed by atoms with Gasteiger partial charge in [-0.1, -0.05) is 41.7 Å². The molecule has 0 aliphatic rings. The zero-order valence-corrected chi connectivity index (χ0v) is 15.7. The van der Waals surface area contributed by atoms with Gasteiger partial charge in [-0.05, 0) is 44.0 Å². The lowest BCUT2D eigenvalue weighted by Gasteiger charge is -2.09. The number of rotatable bonds is 6. The smallest absolute Gasteiger partial charge is 0.296 e. The van der Waals surface area contributed by atoms with Crippen LogP contribution in [0.2, 0.25) is 0 Å². The number of hydrogen-bond donors (Lipinski definition) is 1. The average Bonchev–Trinajstić information content (AvgIpc) is 2.90. The molecule has 0 aliphatic carbocycles. The minimum absolute atomic E-state index is 0.0349. The van der Waals surface area contributed by atoms with Crippen molar-refractivity contribution in [2.45, 2.75) is 31.2 Å². The van der Waals surface area contributed by atoms with Gasteiger partial charge in [0.1, 0.15) is 0 Å². The van der Waals surface area contributed by atoms with Crippen molar-refractivity contribution in [3.63, 3.8) is 0 Å². The molecule has 1 heterocycles. The van der Waals surface area contributed by atoms with Crippen LogP contribution in [0.25, 0.3) is 10.2 Å². The lowest BCUT2D eigenvalue weighted by Crippen LogP contribution is -2.26. The number of sulfonamides is 1. The Hall–Kier alpha value is -1.96. The van der Waals surface area contributed by atoms with E-state index in [1.165, 1.54) is 0 Å². The zero-order valence-electron chi connectivity index (χ0n) is 14.1. The minimum Gasteiger partial charge on any atom is -0.296 e. The molecule has 5 nitrogen and oxygen atoms in total. The second kappa shape index (κ2) is 7.11. The lowest BCUT2D eigenvalue weighted by molar-refractivity contribution is 0.581. The van der Waals surface area contributed by atoms with Crippen LogP contribution in [0, 0.1) is 0 Å². The van der Waals surface area contributed by atoms with E-state index in [0.29, 0.717) is 17.7 Å². The summed E-state index contributed by atoms with van der Waals surface area (Å²) in [5, 5.41) is 0. The summed E-state index contributed by atoms with van der Waals surface area (Å²) in [6, 6.07) is 14.6. The van der Waals surface area contributed by atoms with Gasteiger partial charge < -0.3 is 0 Å². The van der Waals surface area contributed by atoms with Crippen molar-refractivity contribution in [1.29, 1.82) is 0 Å². The summed E-state index contributed by atoms with van der Waals surface area (Å²) in [6.07, 6.45) is 0.624. The largest absolute Gasteiger partial charge is 0.308 e. The van der Waals surface area contributed by atoms with E-state index < -0.39 is 10.0 Å². The standard InChI is InChI=1S/C18H20N2O3S2/c1-13(2)20-16-9-8-15(12-17(16)24-18(20)21)25(22,23)19-11-10-14-6-4-3-5-7-14/h3-9,12-13,19H,10-11H2,1-2H3. The Morgan fingerprint density at radius 2 is 1.84 bits per heavy atom. The molecule has 1 N–H and O–H groups in total. The normalized spacial score (nSPS) is 12.1. The van der Waals surface area contributed by atoms with E-state index in [0.717, 1.165) is 22.4 Å². The topological polar surface area (TPSA) is 68.2 Å². The predicted octanol–water partition coefficient (Wildman–Crippen LogP) is 3.16. The van der Waals surface area contributed by atoms with Crippen LogP contribution in [0.15, 0.2) is 58.2 Å². The maximum atomic E-state index is 12.5. The monoisotopic (exact) mass is 376 g/mol. The Kier molecular flexibility index (Phi) is 5.08. The predicted molar refractivity (Wildman–Crippen MR) is 102 cm³/mol. The highest BCUT2D eigenvalue weighted by molar-refractivity contribution is 7.89. The summed E-state index contributed by atoms with van der Waals surface area (Å²) in [6.45, 7) is 4.19. The Morgan fingerprint density at radius 3 is 2.52 bits per heavy atom. The number of nitrogens with zero attached hydrogens (tertiary/aromatic N) is 1. The van der Waals surface area contributed by atoms with Gasteiger partial charge in [-0.25, -0.2) is 13.1 Å². The summed E-state index contributed by atoms with van der Waals surface area (Å²) >= 11 is 1.07. The van der Waals surface area contributed by atoms with Crippen LogP contribution >= 0.6 is 11.3 Å². The molecule has 0 fully saturated rings. The Labute approximate surface area is 151 Å². The summed E-state index contributed by atoms with van der Waals surface area (Å²) in [5.41, 5.74) is 1.85. The molecule has 0 radical (unpaired) electrons. The van der Waals surface area contributed by atoms with E-state index in [4.69, 9.17) is 0 Å². The highest BCUT2D eigenvalue weighted by Crippen LogP contribution is 2.23. The van der Waals surface area contributed by atoms with Gasteiger partial charge in [0.05, 0.1) is 15.1 Å². The molecule has 0 saturated heterocycles. The van der Waals surface area contributed by atoms with E-state index in [1.54, 1.807) is 22.8 Å². The van der Waals surface area contributed by atoms with Crippen molar-refractivity contribution in [3.05, 3.63) is 63.8 Å². The first-order valence-electron chi connectivity index (χ1n) is 8.07. The Morgan fingerprint density at radius 1 is 1.12 bits per heavy atom. The second-order valence-corrected chi connectivity index (χ2v) is 8.85. The minimum atomic E-state index is -3.60. The quantitative estimate of drug-likeness (QED) is 0.718. The zero-order chi connectivity index (χ0) is 18.0. The molecule has 25 heavy (non-hydrogen) atoms. The van der Waals surface area contributed by atoms with Gasteiger partial charge in [-0.3, -0.25) is 9.36 Å². The van der Waals surface area contributed by atoms with Gasteiger partial charge in [-0.15, -0.1) is 0 Å². The molecule has 0 spiro atoms. The second-order valence-electron chi connectivity index (χ2n) is 6.09. The number of nitrogens with one attached hydrogen (secondary N) is 1. The average molecular weight is 377 g/mol. The number of aromatic nitrogens is 1. The van der Waals surface area contributed by atoms with Crippen LogP contribution in [0.3, 0.4) is 0 Å².